The molecule has 4 heteroatoms. The van der Waals surface area contributed by atoms with Gasteiger partial charge in [-0.15, -0.1) is 0 Å². The zero-order valence-electron chi connectivity index (χ0n) is 7.18. The fourth-order valence-corrected chi connectivity index (χ4v) is 1.42. The highest BCUT2D eigenvalue weighted by Gasteiger charge is 2.12. The molecule has 14 heavy (non-hydrogen) atoms. The number of rotatable bonds is 1. The van der Waals surface area contributed by atoms with E-state index in [2.05, 4.69) is 10.1 Å². The lowest BCUT2D eigenvalue weighted by molar-refractivity contribution is 0.430. The molecule has 4 nitrogen and oxygen atoms in total. The van der Waals surface area contributed by atoms with Gasteiger partial charge in [0.2, 0.25) is 0 Å². The summed E-state index contributed by atoms with van der Waals surface area (Å²) in [5, 5.41) is 3.55. The Balaban J connectivity index is 2.21. The molecular formula is C10H6N2O2. The Morgan fingerprint density at radius 2 is 2.14 bits per heavy atom. The largest absolute Gasteiger partial charge is 0.464 e. The van der Waals surface area contributed by atoms with Crippen LogP contribution in [0.1, 0.15) is 0 Å². The Bertz CT molecular complexity index is 483. The number of fused-ring (bicyclic) bond motifs is 1. The van der Waals surface area contributed by atoms with Gasteiger partial charge >= 0.3 is 0 Å². The van der Waals surface area contributed by atoms with Gasteiger partial charge in [0.1, 0.15) is 5.76 Å². The zero-order valence-corrected chi connectivity index (χ0v) is 7.18. The third-order valence-electron chi connectivity index (χ3n) is 2.04. The standard InChI is InChI=1S/C10H6N2O2/c1-2-7-4-8(5-9(7)13-3-1)10-11-6-12-14-10/h1-6H. The predicted molar refractivity (Wildman–Crippen MR) is 48.6 cm³/mol. The van der Waals surface area contributed by atoms with Crippen molar-refractivity contribution in [1.82, 2.24) is 10.1 Å². The number of aromatic nitrogens is 2. The van der Waals surface area contributed by atoms with Crippen LogP contribution in [0.4, 0.5) is 0 Å². The van der Waals surface area contributed by atoms with Crippen molar-refractivity contribution in [2.24, 2.45) is 0 Å². The lowest BCUT2D eigenvalue weighted by atomic mass is 10.3. The minimum Gasteiger partial charge on any atom is -0.464 e. The molecule has 3 rings (SSSR count). The van der Waals surface area contributed by atoms with Gasteiger partial charge in [-0.3, -0.25) is 0 Å². The molecule has 0 bridgehead atoms. The Morgan fingerprint density at radius 3 is 2.93 bits per heavy atom. The summed E-state index contributed by atoms with van der Waals surface area (Å²) >= 11 is 0. The molecule has 1 aromatic rings. The summed E-state index contributed by atoms with van der Waals surface area (Å²) in [7, 11) is 0. The van der Waals surface area contributed by atoms with E-state index < -0.39 is 0 Å². The van der Waals surface area contributed by atoms with Gasteiger partial charge in [-0.05, 0) is 24.3 Å². The third kappa shape index (κ3) is 1.01. The Kier molecular flexibility index (Phi) is 1.41. The third-order valence-corrected chi connectivity index (χ3v) is 2.04. The van der Waals surface area contributed by atoms with Crippen LogP contribution in [0, 0.1) is 0 Å². The lowest BCUT2D eigenvalue weighted by Gasteiger charge is -1.91. The van der Waals surface area contributed by atoms with Gasteiger partial charge in [-0.1, -0.05) is 5.16 Å². The van der Waals surface area contributed by atoms with E-state index in [1.165, 1.54) is 6.33 Å². The summed E-state index contributed by atoms with van der Waals surface area (Å²) in [6.45, 7) is 0. The first kappa shape index (κ1) is 7.32. The van der Waals surface area contributed by atoms with Crippen molar-refractivity contribution >= 4 is 0 Å². The summed E-state index contributed by atoms with van der Waals surface area (Å²) < 4.78 is 10.2. The van der Waals surface area contributed by atoms with Crippen molar-refractivity contribution in [3.63, 3.8) is 0 Å². The maximum atomic E-state index is 5.30. The summed E-state index contributed by atoms with van der Waals surface area (Å²) in [5.41, 5.74) is 1.91. The molecule has 68 valence electrons. The van der Waals surface area contributed by atoms with E-state index in [0.29, 0.717) is 5.89 Å². The van der Waals surface area contributed by atoms with E-state index in [4.69, 9.17) is 8.94 Å². The fourth-order valence-electron chi connectivity index (χ4n) is 1.42. The van der Waals surface area contributed by atoms with Crippen molar-refractivity contribution in [3.8, 4) is 22.8 Å². The molecule has 0 saturated carbocycles. The highest BCUT2D eigenvalue weighted by atomic mass is 16.5. The molecule has 0 fully saturated rings. The monoisotopic (exact) mass is 186 g/mol. The zero-order chi connectivity index (χ0) is 9.38. The Labute approximate surface area is 79.5 Å². The van der Waals surface area contributed by atoms with Crippen molar-refractivity contribution in [3.05, 3.63) is 36.9 Å². The van der Waals surface area contributed by atoms with Gasteiger partial charge in [0.05, 0.1) is 6.26 Å². The molecule has 1 aliphatic heterocycles. The summed E-state index contributed by atoms with van der Waals surface area (Å²) in [5.74, 6) is 1.33. The average molecular weight is 186 g/mol. The maximum Gasteiger partial charge on any atom is 0.257 e. The summed E-state index contributed by atoms with van der Waals surface area (Å²) in [6.07, 6.45) is 3.02. The van der Waals surface area contributed by atoms with Crippen LogP contribution in [0.2, 0.25) is 0 Å². The molecule has 2 aliphatic rings. The molecule has 0 unspecified atom stereocenters. The SMILES string of the molecule is c1coc2cc(-c3ncno3)cc-2c1. The quantitative estimate of drug-likeness (QED) is 0.585. The second-order valence-corrected chi connectivity index (χ2v) is 2.92. The van der Waals surface area contributed by atoms with Crippen molar-refractivity contribution in [1.29, 1.82) is 0 Å². The second kappa shape index (κ2) is 2.70. The van der Waals surface area contributed by atoms with Crippen molar-refractivity contribution < 1.29 is 8.94 Å². The van der Waals surface area contributed by atoms with Gasteiger partial charge in [-0.25, -0.2) is 0 Å². The van der Waals surface area contributed by atoms with E-state index in [0.717, 1.165) is 16.9 Å². The molecule has 0 atom stereocenters. The highest BCUT2D eigenvalue weighted by Crippen LogP contribution is 2.30. The first-order valence-corrected chi connectivity index (χ1v) is 4.18. The van der Waals surface area contributed by atoms with Crippen LogP contribution in [-0.2, 0) is 0 Å². The van der Waals surface area contributed by atoms with E-state index >= 15 is 0 Å². The van der Waals surface area contributed by atoms with Crippen LogP contribution in [0.5, 0.6) is 0 Å². The average Bonchev–Trinajstić information content (AvgIpc) is 2.86. The molecule has 0 amide bonds. The summed E-state index contributed by atoms with van der Waals surface area (Å²) in [4.78, 5) is 3.96. The fraction of sp³-hybridized carbons (Fsp3) is 0. The summed E-state index contributed by atoms with van der Waals surface area (Å²) in [6, 6.07) is 7.65. The normalized spacial score (nSPS) is 10.9. The Hall–Kier alpha value is -2.10. The van der Waals surface area contributed by atoms with Gasteiger partial charge in [-0.2, -0.15) is 4.98 Å². The topological polar surface area (TPSA) is 52.1 Å². The molecule has 0 aromatic carbocycles. The molecule has 2 heterocycles. The van der Waals surface area contributed by atoms with Gasteiger partial charge in [0.25, 0.3) is 5.89 Å². The van der Waals surface area contributed by atoms with Crippen LogP contribution >= 0.6 is 0 Å². The van der Waals surface area contributed by atoms with Crippen LogP contribution in [0.3, 0.4) is 0 Å². The molecule has 0 N–H and O–H groups in total. The smallest absolute Gasteiger partial charge is 0.257 e. The molecule has 1 aliphatic carbocycles. The molecular weight excluding hydrogens is 180 g/mol. The predicted octanol–water partition coefficient (Wildman–Crippen LogP) is 2.43. The molecule has 0 saturated heterocycles. The van der Waals surface area contributed by atoms with Gasteiger partial charge in [0, 0.05) is 11.1 Å². The first-order chi connectivity index (χ1) is 6.93. The van der Waals surface area contributed by atoms with Gasteiger partial charge in [0.15, 0.2) is 6.33 Å². The second-order valence-electron chi connectivity index (χ2n) is 2.92. The van der Waals surface area contributed by atoms with Crippen molar-refractivity contribution in [2.75, 3.05) is 0 Å². The molecule has 0 spiro atoms. The maximum absolute atomic E-state index is 5.30. The Morgan fingerprint density at radius 1 is 1.14 bits per heavy atom. The highest BCUT2D eigenvalue weighted by molar-refractivity contribution is 5.72. The minimum absolute atomic E-state index is 0.511. The van der Waals surface area contributed by atoms with E-state index in [9.17, 15) is 0 Å². The lowest BCUT2D eigenvalue weighted by Crippen LogP contribution is -1.68. The van der Waals surface area contributed by atoms with E-state index in [-0.39, 0.29) is 0 Å². The minimum atomic E-state index is 0.511. The van der Waals surface area contributed by atoms with Gasteiger partial charge < -0.3 is 8.94 Å². The number of hydrogen-bond donors (Lipinski definition) is 0. The number of nitrogens with zero attached hydrogens (tertiary/aromatic N) is 2. The van der Waals surface area contributed by atoms with E-state index in [1.807, 2.05) is 24.3 Å². The van der Waals surface area contributed by atoms with Crippen LogP contribution in [-0.4, -0.2) is 10.1 Å². The number of hydrogen-bond acceptors (Lipinski definition) is 4. The first-order valence-electron chi connectivity index (χ1n) is 4.18. The molecule has 0 radical (unpaired) electrons. The van der Waals surface area contributed by atoms with Crippen LogP contribution in [0.25, 0.3) is 22.8 Å². The van der Waals surface area contributed by atoms with Crippen LogP contribution < -0.4 is 0 Å². The van der Waals surface area contributed by atoms with Crippen molar-refractivity contribution in [2.45, 2.75) is 0 Å². The molecule has 1 aromatic heterocycles. The van der Waals surface area contributed by atoms with Crippen LogP contribution in [0.15, 0.2) is 45.8 Å². The van der Waals surface area contributed by atoms with E-state index in [1.54, 1.807) is 6.26 Å².